The van der Waals surface area contributed by atoms with Gasteiger partial charge in [-0.1, -0.05) is 6.92 Å². The summed E-state index contributed by atoms with van der Waals surface area (Å²) in [6, 6.07) is 6.42. The Hall–Kier alpha value is -1.06. The number of rotatable bonds is 5. The molecule has 1 atom stereocenters. The highest BCUT2D eigenvalue weighted by molar-refractivity contribution is 7.07. The summed E-state index contributed by atoms with van der Waals surface area (Å²) in [7, 11) is 0. The summed E-state index contributed by atoms with van der Waals surface area (Å²) in [6.07, 6.45) is 2.72. The summed E-state index contributed by atoms with van der Waals surface area (Å²) in [5, 5.41) is 7.73. The van der Waals surface area contributed by atoms with Crippen molar-refractivity contribution >= 4 is 11.3 Å². The third-order valence-electron chi connectivity index (χ3n) is 2.36. The monoisotopic (exact) mass is 221 g/mol. The molecule has 2 heterocycles. The average Bonchev–Trinajstić information content (AvgIpc) is 2.89. The smallest absolute Gasteiger partial charge is 0.121 e. The van der Waals surface area contributed by atoms with E-state index in [4.69, 9.17) is 4.42 Å². The Bertz CT molecular complexity index is 366. The second kappa shape index (κ2) is 5.14. The zero-order valence-corrected chi connectivity index (χ0v) is 9.59. The van der Waals surface area contributed by atoms with E-state index in [9.17, 15) is 0 Å². The molecule has 0 aliphatic rings. The maximum absolute atomic E-state index is 5.44. The van der Waals surface area contributed by atoms with Crippen LogP contribution >= 0.6 is 11.3 Å². The molecule has 2 nitrogen and oxygen atoms in total. The van der Waals surface area contributed by atoms with E-state index in [0.717, 1.165) is 18.7 Å². The molecule has 2 rings (SSSR count). The molecular formula is C12H15NOS. The first-order valence-corrected chi connectivity index (χ1v) is 6.12. The van der Waals surface area contributed by atoms with Crippen molar-refractivity contribution in [2.75, 3.05) is 6.54 Å². The van der Waals surface area contributed by atoms with E-state index in [1.54, 1.807) is 17.6 Å². The third-order valence-corrected chi connectivity index (χ3v) is 3.09. The Labute approximate surface area is 93.9 Å². The maximum atomic E-state index is 5.44. The minimum absolute atomic E-state index is 0.291. The van der Waals surface area contributed by atoms with Gasteiger partial charge in [0, 0.05) is 0 Å². The van der Waals surface area contributed by atoms with E-state index in [1.165, 1.54) is 5.56 Å². The van der Waals surface area contributed by atoms with Crippen molar-refractivity contribution in [2.24, 2.45) is 0 Å². The largest absolute Gasteiger partial charge is 0.468 e. The summed E-state index contributed by atoms with van der Waals surface area (Å²) in [5.41, 5.74) is 1.36. The van der Waals surface area contributed by atoms with E-state index in [-0.39, 0.29) is 0 Å². The minimum atomic E-state index is 0.291. The van der Waals surface area contributed by atoms with Crippen LogP contribution in [-0.4, -0.2) is 6.54 Å². The lowest BCUT2D eigenvalue weighted by Crippen LogP contribution is -2.22. The molecule has 1 N–H and O–H groups in total. The third kappa shape index (κ3) is 2.70. The van der Waals surface area contributed by atoms with Crippen LogP contribution < -0.4 is 5.32 Å². The van der Waals surface area contributed by atoms with Crippen LogP contribution in [0.1, 0.15) is 24.3 Å². The Balaban J connectivity index is 2.07. The van der Waals surface area contributed by atoms with Crippen molar-refractivity contribution in [3.05, 3.63) is 46.5 Å². The van der Waals surface area contributed by atoms with Crippen LogP contribution in [-0.2, 0) is 6.42 Å². The van der Waals surface area contributed by atoms with Crippen molar-refractivity contribution < 1.29 is 4.42 Å². The lowest BCUT2D eigenvalue weighted by molar-refractivity contribution is 0.416. The van der Waals surface area contributed by atoms with Gasteiger partial charge < -0.3 is 9.73 Å². The van der Waals surface area contributed by atoms with Crippen LogP contribution in [0.25, 0.3) is 0 Å². The maximum Gasteiger partial charge on any atom is 0.121 e. The van der Waals surface area contributed by atoms with Crippen molar-refractivity contribution in [1.29, 1.82) is 0 Å². The standard InChI is InChI=1S/C12H15NOS/c1-2-13-11(12-4-3-6-14-12)8-10-5-7-15-9-10/h3-7,9,11,13H,2,8H2,1H3. The number of hydrogen-bond acceptors (Lipinski definition) is 3. The highest BCUT2D eigenvalue weighted by Crippen LogP contribution is 2.20. The molecule has 0 amide bonds. The highest BCUT2D eigenvalue weighted by Gasteiger charge is 2.13. The molecule has 0 spiro atoms. The molecular weight excluding hydrogens is 206 g/mol. The fraction of sp³-hybridized carbons (Fsp3) is 0.333. The molecule has 3 heteroatoms. The first kappa shape index (κ1) is 10.5. The molecule has 0 aromatic carbocycles. The first-order valence-electron chi connectivity index (χ1n) is 5.18. The SMILES string of the molecule is CCNC(Cc1ccsc1)c1ccco1. The molecule has 0 aliphatic carbocycles. The van der Waals surface area contributed by atoms with Gasteiger partial charge in [-0.15, -0.1) is 0 Å². The van der Waals surface area contributed by atoms with E-state index < -0.39 is 0 Å². The van der Waals surface area contributed by atoms with E-state index in [1.807, 2.05) is 12.1 Å². The molecule has 0 aliphatic heterocycles. The second-order valence-corrected chi connectivity index (χ2v) is 4.24. The van der Waals surface area contributed by atoms with Gasteiger partial charge in [-0.05, 0) is 47.5 Å². The van der Waals surface area contributed by atoms with Crippen LogP contribution in [0.2, 0.25) is 0 Å². The summed E-state index contributed by atoms with van der Waals surface area (Å²) in [5.74, 6) is 1.02. The number of thiophene rings is 1. The molecule has 0 bridgehead atoms. The lowest BCUT2D eigenvalue weighted by atomic mass is 10.1. The molecule has 0 saturated carbocycles. The van der Waals surface area contributed by atoms with Gasteiger partial charge in [-0.25, -0.2) is 0 Å². The Morgan fingerprint density at radius 3 is 3.00 bits per heavy atom. The van der Waals surface area contributed by atoms with Gasteiger partial charge in [0.2, 0.25) is 0 Å². The van der Waals surface area contributed by atoms with Crippen molar-refractivity contribution in [3.8, 4) is 0 Å². The minimum Gasteiger partial charge on any atom is -0.468 e. The number of furan rings is 1. The molecule has 0 fully saturated rings. The van der Waals surface area contributed by atoms with E-state index in [2.05, 4.69) is 29.1 Å². The zero-order chi connectivity index (χ0) is 10.5. The van der Waals surface area contributed by atoms with Crippen LogP contribution in [0.5, 0.6) is 0 Å². The topological polar surface area (TPSA) is 25.2 Å². The van der Waals surface area contributed by atoms with Crippen LogP contribution in [0, 0.1) is 0 Å². The normalized spacial score (nSPS) is 12.9. The Morgan fingerprint density at radius 1 is 1.47 bits per heavy atom. The molecule has 2 aromatic heterocycles. The quantitative estimate of drug-likeness (QED) is 0.838. The molecule has 2 aromatic rings. The lowest BCUT2D eigenvalue weighted by Gasteiger charge is -2.14. The first-order chi connectivity index (χ1) is 7.40. The van der Waals surface area contributed by atoms with Crippen LogP contribution in [0.4, 0.5) is 0 Å². The molecule has 15 heavy (non-hydrogen) atoms. The number of likely N-dealkylation sites (N-methyl/N-ethyl adjacent to an activating group) is 1. The molecule has 80 valence electrons. The fourth-order valence-electron chi connectivity index (χ4n) is 1.65. The Morgan fingerprint density at radius 2 is 2.40 bits per heavy atom. The summed E-state index contributed by atoms with van der Waals surface area (Å²) in [6.45, 7) is 3.07. The average molecular weight is 221 g/mol. The predicted molar refractivity (Wildman–Crippen MR) is 63.1 cm³/mol. The van der Waals surface area contributed by atoms with Gasteiger partial charge in [0.05, 0.1) is 12.3 Å². The summed E-state index contributed by atoms with van der Waals surface area (Å²) >= 11 is 1.74. The van der Waals surface area contributed by atoms with E-state index >= 15 is 0 Å². The summed E-state index contributed by atoms with van der Waals surface area (Å²) < 4.78 is 5.44. The molecule has 1 unspecified atom stereocenters. The van der Waals surface area contributed by atoms with Crippen molar-refractivity contribution in [3.63, 3.8) is 0 Å². The summed E-state index contributed by atoms with van der Waals surface area (Å²) in [4.78, 5) is 0. The van der Waals surface area contributed by atoms with Gasteiger partial charge >= 0.3 is 0 Å². The van der Waals surface area contributed by atoms with Gasteiger partial charge in [-0.2, -0.15) is 11.3 Å². The van der Waals surface area contributed by atoms with Crippen LogP contribution in [0.3, 0.4) is 0 Å². The number of nitrogens with one attached hydrogen (secondary N) is 1. The Kier molecular flexibility index (Phi) is 3.59. The van der Waals surface area contributed by atoms with Crippen LogP contribution in [0.15, 0.2) is 39.6 Å². The van der Waals surface area contributed by atoms with Crippen molar-refractivity contribution in [1.82, 2.24) is 5.32 Å². The van der Waals surface area contributed by atoms with Crippen molar-refractivity contribution in [2.45, 2.75) is 19.4 Å². The fourth-order valence-corrected chi connectivity index (χ4v) is 2.34. The van der Waals surface area contributed by atoms with Gasteiger partial charge in [-0.3, -0.25) is 0 Å². The highest BCUT2D eigenvalue weighted by atomic mass is 32.1. The second-order valence-electron chi connectivity index (χ2n) is 3.46. The molecule has 0 radical (unpaired) electrons. The predicted octanol–water partition coefficient (Wildman–Crippen LogP) is 3.23. The van der Waals surface area contributed by atoms with E-state index in [0.29, 0.717) is 6.04 Å². The van der Waals surface area contributed by atoms with Gasteiger partial charge in [0.25, 0.3) is 0 Å². The molecule has 0 saturated heterocycles. The number of hydrogen-bond donors (Lipinski definition) is 1. The van der Waals surface area contributed by atoms with Gasteiger partial charge in [0.1, 0.15) is 5.76 Å². The van der Waals surface area contributed by atoms with Gasteiger partial charge in [0.15, 0.2) is 0 Å². The zero-order valence-electron chi connectivity index (χ0n) is 8.77.